The lowest BCUT2D eigenvalue weighted by molar-refractivity contribution is -0.142. The molecule has 2 aromatic carbocycles. The van der Waals surface area contributed by atoms with Crippen molar-refractivity contribution in [3.8, 4) is 11.1 Å². The average molecular weight is 505 g/mol. The van der Waals surface area contributed by atoms with Crippen molar-refractivity contribution in [3.05, 3.63) is 54.1 Å². The molecule has 2 saturated heterocycles. The van der Waals surface area contributed by atoms with E-state index in [1.54, 1.807) is 38.1 Å². The van der Waals surface area contributed by atoms with Crippen LogP contribution < -0.4 is 0 Å². The topological polar surface area (TPSA) is 98.2 Å². The zero-order valence-corrected chi connectivity index (χ0v) is 21.2. The molecule has 9 heteroatoms. The monoisotopic (exact) mass is 504 g/mol. The van der Waals surface area contributed by atoms with Crippen LogP contribution in [0.2, 0.25) is 0 Å². The molecule has 2 fully saturated rings. The molecule has 2 heterocycles. The molecule has 2 aliphatic heterocycles. The number of sulfonamides is 1. The predicted octanol–water partition coefficient (Wildman–Crippen LogP) is 3.28. The van der Waals surface area contributed by atoms with Gasteiger partial charge in [0.1, 0.15) is 6.04 Å². The molecule has 0 saturated carbocycles. The first-order chi connectivity index (χ1) is 16.1. The maximum Gasteiger partial charge on any atom is 0.323 e. The van der Waals surface area contributed by atoms with E-state index in [4.69, 9.17) is 0 Å². The average Bonchev–Trinajstić information content (AvgIpc) is 2.80. The van der Waals surface area contributed by atoms with Crippen LogP contribution in [0.5, 0.6) is 0 Å². The summed E-state index contributed by atoms with van der Waals surface area (Å²) in [7, 11) is -3.94. The van der Waals surface area contributed by atoms with Crippen LogP contribution in [0.4, 0.5) is 0 Å². The third-order valence-electron chi connectivity index (χ3n) is 6.68. The van der Waals surface area contributed by atoms with E-state index < -0.39 is 26.8 Å². The van der Waals surface area contributed by atoms with E-state index in [1.165, 1.54) is 17.3 Å². The lowest BCUT2D eigenvalue weighted by Crippen LogP contribution is -2.58. The number of carboxylic acids is 1. The molecule has 2 aliphatic rings. The first-order valence-electron chi connectivity index (χ1n) is 11.6. The fourth-order valence-corrected chi connectivity index (χ4v) is 7.82. The van der Waals surface area contributed by atoms with E-state index in [9.17, 15) is 23.4 Å². The third-order valence-corrected chi connectivity index (χ3v) is 9.91. The Hall–Kier alpha value is -1.91. The number of rotatable bonds is 6. The fraction of sp³-hybridized carbons (Fsp3) is 0.480. The summed E-state index contributed by atoms with van der Waals surface area (Å²) in [6.45, 7) is 6.37. The summed E-state index contributed by atoms with van der Waals surface area (Å²) >= 11 is 1.48. The van der Waals surface area contributed by atoms with Crippen LogP contribution in [0.15, 0.2) is 53.4 Å². The Morgan fingerprint density at radius 3 is 2.12 bits per heavy atom. The number of thioether (sulfide) groups is 1. The lowest BCUT2D eigenvalue weighted by atomic mass is 10.0. The first-order valence-corrected chi connectivity index (χ1v) is 14.0. The van der Waals surface area contributed by atoms with E-state index in [2.05, 4.69) is 17.0 Å². The summed E-state index contributed by atoms with van der Waals surface area (Å²) < 4.78 is 27.1. The van der Waals surface area contributed by atoms with Gasteiger partial charge in [-0.1, -0.05) is 36.4 Å². The molecule has 0 spiro atoms. The summed E-state index contributed by atoms with van der Waals surface area (Å²) in [6, 6.07) is 13.8. The number of carbonyl (C=O) groups is 1. The summed E-state index contributed by atoms with van der Waals surface area (Å²) in [6.07, 6.45) is 1.45. The second kappa shape index (κ2) is 9.99. The molecule has 1 atom stereocenters. The molecule has 0 bridgehead atoms. The smallest absolute Gasteiger partial charge is 0.323 e. The van der Waals surface area contributed by atoms with Crippen LogP contribution >= 0.6 is 11.8 Å². The Morgan fingerprint density at radius 1 is 1.00 bits per heavy atom. The number of aliphatic carboxylic acids is 1. The first kappa shape index (κ1) is 25.2. The molecule has 2 aromatic rings. The summed E-state index contributed by atoms with van der Waals surface area (Å²) in [5.41, 5.74) is 3.08. The molecule has 184 valence electrons. The number of carboxylic acid groups (broad SMARTS) is 1. The van der Waals surface area contributed by atoms with E-state index in [-0.39, 0.29) is 17.5 Å². The van der Waals surface area contributed by atoms with Gasteiger partial charge in [0.15, 0.2) is 0 Å². The Kier molecular flexibility index (Phi) is 7.40. The second-order valence-corrected chi connectivity index (χ2v) is 13.2. The van der Waals surface area contributed by atoms with Gasteiger partial charge < -0.3 is 10.2 Å². The molecule has 0 aromatic heterocycles. The predicted molar refractivity (Wildman–Crippen MR) is 134 cm³/mol. The number of nitrogens with zero attached hydrogens (tertiary/aromatic N) is 2. The molecule has 7 nitrogen and oxygen atoms in total. The van der Waals surface area contributed by atoms with Gasteiger partial charge in [0.05, 0.1) is 11.0 Å². The highest BCUT2D eigenvalue weighted by Gasteiger charge is 2.48. The SMILES string of the molecule is CC1(C)SCCN(S(=O)(=O)c2ccc(-c3ccc(CN4CCC(O)CC4)cc3)cc2)C1C(=O)O. The molecule has 34 heavy (non-hydrogen) atoms. The van der Waals surface area contributed by atoms with Gasteiger partial charge in [-0.05, 0) is 55.5 Å². The standard InChI is InChI=1S/C25H32N2O5S2/c1-25(2)23(24(29)30)27(15-16-33-25)34(31,32)22-9-7-20(8-10-22)19-5-3-18(4-6-19)17-26-13-11-21(28)12-14-26/h3-10,21,23,28H,11-17H2,1-2H3,(H,29,30). The van der Waals surface area contributed by atoms with Crippen molar-refractivity contribution in [1.82, 2.24) is 9.21 Å². The third kappa shape index (κ3) is 5.33. The van der Waals surface area contributed by atoms with Gasteiger partial charge in [-0.2, -0.15) is 16.1 Å². The minimum absolute atomic E-state index is 0.106. The number of hydrogen-bond donors (Lipinski definition) is 2. The number of aliphatic hydroxyl groups excluding tert-OH is 1. The minimum atomic E-state index is -3.94. The van der Waals surface area contributed by atoms with E-state index >= 15 is 0 Å². The molecule has 0 aliphatic carbocycles. The number of likely N-dealkylation sites (tertiary alicyclic amines) is 1. The number of piperidine rings is 1. The Balaban J connectivity index is 1.48. The molecule has 0 amide bonds. The van der Waals surface area contributed by atoms with Crippen molar-refractivity contribution in [3.63, 3.8) is 0 Å². The van der Waals surface area contributed by atoms with Crippen LogP contribution in [0, 0.1) is 0 Å². The van der Waals surface area contributed by atoms with Crippen molar-refractivity contribution in [2.24, 2.45) is 0 Å². The number of benzene rings is 2. The number of hydrogen-bond acceptors (Lipinski definition) is 6. The molecular weight excluding hydrogens is 472 g/mol. The van der Waals surface area contributed by atoms with Crippen LogP contribution in [0.1, 0.15) is 32.3 Å². The Labute approximate surface area is 205 Å². The van der Waals surface area contributed by atoms with Gasteiger partial charge in [-0.15, -0.1) is 0 Å². The van der Waals surface area contributed by atoms with E-state index in [0.29, 0.717) is 5.75 Å². The van der Waals surface area contributed by atoms with Gasteiger partial charge in [0.25, 0.3) is 0 Å². The summed E-state index contributed by atoms with van der Waals surface area (Å²) in [5, 5.41) is 19.4. The maximum atomic E-state index is 13.3. The van der Waals surface area contributed by atoms with Crippen molar-refractivity contribution in [2.75, 3.05) is 25.4 Å². The van der Waals surface area contributed by atoms with Crippen LogP contribution in [-0.4, -0.2) is 76.1 Å². The van der Waals surface area contributed by atoms with Crippen molar-refractivity contribution in [2.45, 2.75) is 55.0 Å². The second-order valence-electron chi connectivity index (χ2n) is 9.54. The maximum absolute atomic E-state index is 13.3. The van der Waals surface area contributed by atoms with Crippen molar-refractivity contribution in [1.29, 1.82) is 0 Å². The van der Waals surface area contributed by atoms with Gasteiger partial charge in [0, 0.05) is 36.7 Å². The molecule has 1 unspecified atom stereocenters. The van der Waals surface area contributed by atoms with Gasteiger partial charge in [-0.25, -0.2) is 8.42 Å². The highest BCUT2D eigenvalue weighted by molar-refractivity contribution is 8.00. The van der Waals surface area contributed by atoms with Gasteiger partial charge >= 0.3 is 5.97 Å². The van der Waals surface area contributed by atoms with Crippen LogP contribution in [-0.2, 0) is 21.4 Å². The fourth-order valence-electron chi connectivity index (χ4n) is 4.73. The van der Waals surface area contributed by atoms with Crippen LogP contribution in [0.3, 0.4) is 0 Å². The highest BCUT2D eigenvalue weighted by atomic mass is 32.2. The number of aliphatic hydroxyl groups is 1. The van der Waals surface area contributed by atoms with Gasteiger partial charge in [0.2, 0.25) is 10.0 Å². The lowest BCUT2D eigenvalue weighted by Gasteiger charge is -2.42. The van der Waals surface area contributed by atoms with Crippen molar-refractivity contribution < 1.29 is 23.4 Å². The van der Waals surface area contributed by atoms with Gasteiger partial charge in [-0.3, -0.25) is 9.69 Å². The molecular formula is C25H32N2O5S2. The zero-order valence-electron chi connectivity index (χ0n) is 19.6. The van der Waals surface area contributed by atoms with Crippen LogP contribution in [0.25, 0.3) is 11.1 Å². The zero-order chi connectivity index (χ0) is 24.5. The molecule has 4 rings (SSSR count). The Bertz CT molecular complexity index is 1110. The quantitative estimate of drug-likeness (QED) is 0.623. The van der Waals surface area contributed by atoms with E-state index in [1.807, 2.05) is 12.1 Å². The normalized spacial score (nSPS) is 22.5. The van der Waals surface area contributed by atoms with Crippen molar-refractivity contribution >= 4 is 27.8 Å². The largest absolute Gasteiger partial charge is 0.480 e. The Morgan fingerprint density at radius 2 is 1.56 bits per heavy atom. The van der Waals surface area contributed by atoms with E-state index in [0.717, 1.165) is 47.9 Å². The summed E-state index contributed by atoms with van der Waals surface area (Å²) in [5.74, 6) is -0.573. The minimum Gasteiger partial charge on any atom is -0.480 e. The molecule has 2 N–H and O–H groups in total. The highest BCUT2D eigenvalue weighted by Crippen LogP contribution is 2.38. The molecule has 0 radical (unpaired) electrons. The summed E-state index contributed by atoms with van der Waals surface area (Å²) in [4.78, 5) is 14.4.